The second kappa shape index (κ2) is 10.6. The van der Waals surface area contributed by atoms with E-state index in [1.807, 2.05) is 0 Å². The number of methoxy groups -OCH3 is 1. The standard InChI is InChI=1S/C23H33NO.ClH/c1-17(2)24(18(3)4)14-10-13-21-15-19(5)16-22(23(21)25-6)20-11-8-7-9-12-20;/h7-9,11-12,15-18H,10,13-14H2,1-6H3;1H. The van der Waals surface area contributed by atoms with E-state index in [0.717, 1.165) is 25.1 Å². The topological polar surface area (TPSA) is 12.5 Å². The van der Waals surface area contributed by atoms with E-state index >= 15 is 0 Å². The number of hydrogen-bond donors (Lipinski definition) is 0. The van der Waals surface area contributed by atoms with Crippen LogP contribution in [0.4, 0.5) is 0 Å². The average Bonchev–Trinajstić information content (AvgIpc) is 2.58. The summed E-state index contributed by atoms with van der Waals surface area (Å²) in [4.78, 5) is 2.56. The summed E-state index contributed by atoms with van der Waals surface area (Å²) in [5.74, 6) is 1.03. The molecule has 2 nitrogen and oxygen atoms in total. The molecule has 0 aliphatic heterocycles. The van der Waals surface area contributed by atoms with Crippen molar-refractivity contribution in [2.24, 2.45) is 0 Å². The van der Waals surface area contributed by atoms with Gasteiger partial charge < -0.3 is 4.74 Å². The van der Waals surface area contributed by atoms with Crippen molar-refractivity contribution >= 4 is 12.4 Å². The molecule has 3 heteroatoms. The van der Waals surface area contributed by atoms with Gasteiger partial charge in [-0.05, 0) is 76.8 Å². The van der Waals surface area contributed by atoms with E-state index in [0.29, 0.717) is 12.1 Å². The van der Waals surface area contributed by atoms with Gasteiger partial charge in [-0.15, -0.1) is 12.4 Å². The zero-order valence-electron chi connectivity index (χ0n) is 17.1. The predicted octanol–water partition coefficient (Wildman–Crippen LogP) is 6.14. The van der Waals surface area contributed by atoms with Crippen molar-refractivity contribution in [1.29, 1.82) is 0 Å². The lowest BCUT2D eigenvalue weighted by Gasteiger charge is -2.30. The Balaban J connectivity index is 0.00000338. The third-order valence-corrected chi connectivity index (χ3v) is 4.79. The minimum Gasteiger partial charge on any atom is -0.496 e. The molecule has 0 atom stereocenters. The first-order valence-electron chi connectivity index (χ1n) is 9.42. The summed E-state index contributed by atoms with van der Waals surface area (Å²) in [5, 5.41) is 0. The Kier molecular flexibility index (Phi) is 9.18. The molecule has 0 amide bonds. The van der Waals surface area contributed by atoms with Gasteiger partial charge in [0, 0.05) is 17.6 Å². The van der Waals surface area contributed by atoms with Crippen molar-refractivity contribution in [1.82, 2.24) is 4.90 Å². The van der Waals surface area contributed by atoms with E-state index in [1.54, 1.807) is 7.11 Å². The molecule has 0 saturated heterocycles. The number of hydrogen-bond acceptors (Lipinski definition) is 2. The van der Waals surface area contributed by atoms with Crippen LogP contribution in [-0.4, -0.2) is 30.6 Å². The van der Waals surface area contributed by atoms with Crippen LogP contribution in [0, 0.1) is 6.92 Å². The minimum absolute atomic E-state index is 0. The molecule has 0 bridgehead atoms. The van der Waals surface area contributed by atoms with Gasteiger partial charge in [0.2, 0.25) is 0 Å². The van der Waals surface area contributed by atoms with Gasteiger partial charge in [0.05, 0.1) is 7.11 Å². The molecule has 0 aliphatic carbocycles. The van der Waals surface area contributed by atoms with Crippen LogP contribution in [0.3, 0.4) is 0 Å². The molecule has 26 heavy (non-hydrogen) atoms. The smallest absolute Gasteiger partial charge is 0.129 e. The van der Waals surface area contributed by atoms with Gasteiger partial charge in [0.15, 0.2) is 0 Å². The molecule has 2 aromatic rings. The fourth-order valence-electron chi connectivity index (χ4n) is 3.67. The lowest BCUT2D eigenvalue weighted by atomic mass is 9.96. The molecule has 144 valence electrons. The van der Waals surface area contributed by atoms with Crippen LogP contribution in [0.2, 0.25) is 0 Å². The number of halogens is 1. The molecular formula is C23H34ClNO. The van der Waals surface area contributed by atoms with Crippen molar-refractivity contribution in [2.75, 3.05) is 13.7 Å². The normalized spacial score (nSPS) is 11.1. The van der Waals surface area contributed by atoms with Gasteiger partial charge in [-0.25, -0.2) is 0 Å². The maximum absolute atomic E-state index is 5.82. The van der Waals surface area contributed by atoms with Crippen LogP contribution in [0.1, 0.15) is 45.2 Å². The monoisotopic (exact) mass is 375 g/mol. The van der Waals surface area contributed by atoms with Crippen LogP contribution in [0.25, 0.3) is 11.1 Å². The Morgan fingerprint density at radius 2 is 1.58 bits per heavy atom. The Morgan fingerprint density at radius 3 is 2.12 bits per heavy atom. The summed E-state index contributed by atoms with van der Waals surface area (Å²) >= 11 is 0. The van der Waals surface area contributed by atoms with Gasteiger partial charge >= 0.3 is 0 Å². The molecule has 0 saturated carbocycles. The Bertz CT molecular complexity index is 659. The third kappa shape index (κ3) is 5.75. The van der Waals surface area contributed by atoms with E-state index in [-0.39, 0.29) is 12.4 Å². The fraction of sp³-hybridized carbons (Fsp3) is 0.478. The first kappa shape index (κ1) is 22.5. The summed E-state index contributed by atoms with van der Waals surface area (Å²) in [6, 6.07) is 16.2. The highest BCUT2D eigenvalue weighted by Crippen LogP contribution is 2.35. The molecule has 0 radical (unpaired) electrons. The van der Waals surface area contributed by atoms with Crippen LogP contribution in [0.15, 0.2) is 42.5 Å². The predicted molar refractivity (Wildman–Crippen MR) is 116 cm³/mol. The maximum atomic E-state index is 5.82. The lowest BCUT2D eigenvalue weighted by Crippen LogP contribution is -2.37. The van der Waals surface area contributed by atoms with Crippen LogP contribution >= 0.6 is 12.4 Å². The highest BCUT2D eigenvalue weighted by Gasteiger charge is 2.15. The fourth-order valence-corrected chi connectivity index (χ4v) is 3.67. The average molecular weight is 376 g/mol. The van der Waals surface area contributed by atoms with Gasteiger partial charge in [-0.3, -0.25) is 4.90 Å². The molecule has 0 spiro atoms. The van der Waals surface area contributed by atoms with Crippen molar-refractivity contribution in [3.63, 3.8) is 0 Å². The Morgan fingerprint density at radius 1 is 0.962 bits per heavy atom. The largest absolute Gasteiger partial charge is 0.496 e. The van der Waals surface area contributed by atoms with Gasteiger partial charge in [-0.1, -0.05) is 36.4 Å². The molecule has 0 aromatic heterocycles. The first-order valence-corrected chi connectivity index (χ1v) is 9.42. The molecule has 2 rings (SSSR count). The number of benzene rings is 2. The molecule has 0 N–H and O–H groups in total. The highest BCUT2D eigenvalue weighted by molar-refractivity contribution is 5.85. The zero-order chi connectivity index (χ0) is 18.4. The molecule has 0 aliphatic rings. The highest BCUT2D eigenvalue weighted by atomic mass is 35.5. The number of nitrogens with zero attached hydrogens (tertiary/aromatic N) is 1. The Hall–Kier alpha value is -1.51. The molecule has 0 unspecified atom stereocenters. The van der Waals surface area contributed by atoms with Crippen LogP contribution in [-0.2, 0) is 6.42 Å². The minimum atomic E-state index is 0. The third-order valence-electron chi connectivity index (χ3n) is 4.79. The van der Waals surface area contributed by atoms with E-state index in [9.17, 15) is 0 Å². The SMILES string of the molecule is COc1c(CCCN(C(C)C)C(C)C)cc(C)cc1-c1ccccc1.Cl. The molecule has 2 aromatic carbocycles. The van der Waals surface area contributed by atoms with Crippen molar-refractivity contribution < 1.29 is 4.74 Å². The summed E-state index contributed by atoms with van der Waals surface area (Å²) in [6.45, 7) is 12.4. The van der Waals surface area contributed by atoms with E-state index in [1.165, 1.54) is 22.3 Å². The maximum Gasteiger partial charge on any atom is 0.129 e. The van der Waals surface area contributed by atoms with Crippen molar-refractivity contribution in [3.8, 4) is 16.9 Å². The number of aryl methyl sites for hydroxylation is 2. The second-order valence-corrected chi connectivity index (χ2v) is 7.40. The number of ether oxygens (including phenoxy) is 1. The van der Waals surface area contributed by atoms with Crippen molar-refractivity contribution in [2.45, 2.75) is 59.5 Å². The molecule has 0 fully saturated rings. The van der Waals surface area contributed by atoms with E-state index in [2.05, 4.69) is 82.0 Å². The van der Waals surface area contributed by atoms with Gasteiger partial charge in [0.1, 0.15) is 5.75 Å². The second-order valence-electron chi connectivity index (χ2n) is 7.40. The quantitative estimate of drug-likeness (QED) is 0.549. The van der Waals surface area contributed by atoms with E-state index < -0.39 is 0 Å². The molecular weight excluding hydrogens is 342 g/mol. The van der Waals surface area contributed by atoms with E-state index in [4.69, 9.17) is 4.74 Å². The zero-order valence-corrected chi connectivity index (χ0v) is 17.9. The lowest BCUT2D eigenvalue weighted by molar-refractivity contribution is 0.173. The first-order chi connectivity index (χ1) is 11.9. The summed E-state index contributed by atoms with van der Waals surface area (Å²) in [7, 11) is 1.79. The van der Waals surface area contributed by atoms with Crippen molar-refractivity contribution in [3.05, 3.63) is 53.6 Å². The molecule has 0 heterocycles. The van der Waals surface area contributed by atoms with Crippen LogP contribution in [0.5, 0.6) is 5.75 Å². The number of rotatable bonds is 8. The van der Waals surface area contributed by atoms with Gasteiger partial charge in [0.25, 0.3) is 0 Å². The summed E-state index contributed by atoms with van der Waals surface area (Å²) in [5.41, 5.74) is 5.02. The van der Waals surface area contributed by atoms with Crippen LogP contribution < -0.4 is 4.74 Å². The Labute approximate surface area is 166 Å². The summed E-state index contributed by atoms with van der Waals surface area (Å²) in [6.07, 6.45) is 2.19. The summed E-state index contributed by atoms with van der Waals surface area (Å²) < 4.78 is 5.82. The van der Waals surface area contributed by atoms with Gasteiger partial charge in [-0.2, -0.15) is 0 Å².